The minimum absolute atomic E-state index is 1.12. The Morgan fingerprint density at radius 2 is 1.13 bits per heavy atom. The number of aromatic nitrogens is 1. The molecule has 0 spiro atoms. The van der Waals surface area contributed by atoms with Gasteiger partial charge in [0.2, 0.25) is 0 Å². The van der Waals surface area contributed by atoms with Gasteiger partial charge in [-0.05, 0) is 87.9 Å². The van der Waals surface area contributed by atoms with Crippen LogP contribution in [0.5, 0.6) is 0 Å². The maximum absolute atomic E-state index is 2.50. The maximum Gasteiger partial charge on any atom is 0.0640 e. The molecule has 0 aliphatic heterocycles. The third-order valence-corrected chi connectivity index (χ3v) is 11.9. The van der Waals surface area contributed by atoms with E-state index in [0.29, 0.717) is 0 Å². The molecule has 0 fully saturated rings. The van der Waals surface area contributed by atoms with Gasteiger partial charge >= 0.3 is 0 Å². The molecule has 0 N–H and O–H groups in total. The van der Waals surface area contributed by atoms with Crippen molar-refractivity contribution >= 4 is 91.9 Å². The summed E-state index contributed by atoms with van der Waals surface area (Å²) in [5.74, 6) is 0. The van der Waals surface area contributed by atoms with Crippen molar-refractivity contribution < 1.29 is 0 Å². The van der Waals surface area contributed by atoms with Gasteiger partial charge in [0, 0.05) is 48.7 Å². The number of hydrogen-bond acceptors (Lipinski definition) is 2. The Bertz CT molecular complexity index is 3170. The summed E-state index contributed by atoms with van der Waals surface area (Å²) in [7, 11) is 0. The van der Waals surface area contributed by atoms with Crippen molar-refractivity contribution in [2.45, 2.75) is 0 Å². The predicted molar refractivity (Wildman–Crippen MR) is 229 cm³/mol. The van der Waals surface area contributed by atoms with Crippen molar-refractivity contribution in [3.63, 3.8) is 0 Å². The van der Waals surface area contributed by atoms with E-state index in [1.165, 1.54) is 80.3 Å². The third-order valence-electron chi connectivity index (χ3n) is 10.7. The van der Waals surface area contributed by atoms with Crippen LogP contribution in [0.4, 0.5) is 17.1 Å². The van der Waals surface area contributed by atoms with Crippen LogP contribution in [0, 0.1) is 0 Å². The maximum atomic E-state index is 2.50. The van der Waals surface area contributed by atoms with Gasteiger partial charge in [0.05, 0.1) is 21.4 Å². The van der Waals surface area contributed by atoms with E-state index in [1.807, 2.05) is 11.3 Å². The van der Waals surface area contributed by atoms with Gasteiger partial charge in [0.1, 0.15) is 0 Å². The molecular formula is C50H32N2S. The van der Waals surface area contributed by atoms with Crippen molar-refractivity contribution in [1.29, 1.82) is 0 Å². The number of rotatable bonds is 5. The fourth-order valence-electron chi connectivity index (χ4n) is 8.35. The standard InChI is InChI=1S/C50H32N2S/c1-3-15-34(16-4-1)43-31-36-18-9-10-21-40(36)49-48(43)44-32-39(28-29-45(44)52(49)38-27-26-33-14-7-8-17-35(33)30-38)51(37-19-5-2-6-20-37)46-24-13-23-42-41-22-11-12-25-47(41)53-50(42)46/h1-32H. The molecule has 2 nitrogen and oxygen atoms in total. The Hall–Kier alpha value is -6.68. The van der Waals surface area contributed by atoms with Crippen LogP contribution < -0.4 is 4.90 Å². The number of thiophene rings is 1. The first-order valence-corrected chi connectivity index (χ1v) is 18.9. The smallest absolute Gasteiger partial charge is 0.0640 e. The summed E-state index contributed by atoms with van der Waals surface area (Å²) in [6.45, 7) is 0. The summed E-state index contributed by atoms with van der Waals surface area (Å²) in [5, 5.41) is 10.0. The van der Waals surface area contributed by atoms with E-state index in [1.54, 1.807) is 0 Å². The Morgan fingerprint density at radius 3 is 1.98 bits per heavy atom. The van der Waals surface area contributed by atoms with Crippen molar-refractivity contribution in [2.75, 3.05) is 4.90 Å². The average Bonchev–Trinajstić information content (AvgIpc) is 3.78. The summed E-state index contributed by atoms with van der Waals surface area (Å²) >= 11 is 1.87. The molecule has 0 amide bonds. The Kier molecular flexibility index (Phi) is 6.76. The van der Waals surface area contributed by atoms with Crippen LogP contribution in [0.1, 0.15) is 0 Å². The highest BCUT2D eigenvalue weighted by molar-refractivity contribution is 7.26. The number of para-hydroxylation sites is 1. The van der Waals surface area contributed by atoms with E-state index in [-0.39, 0.29) is 0 Å². The largest absolute Gasteiger partial charge is 0.309 e. The highest BCUT2D eigenvalue weighted by atomic mass is 32.1. The van der Waals surface area contributed by atoms with Crippen molar-refractivity contribution in [3.8, 4) is 16.8 Å². The number of benzene rings is 9. The first-order chi connectivity index (χ1) is 26.3. The molecule has 0 aliphatic rings. The molecule has 11 rings (SSSR count). The van der Waals surface area contributed by atoms with Crippen molar-refractivity contribution in [3.05, 3.63) is 194 Å². The van der Waals surface area contributed by atoms with Gasteiger partial charge in [0.15, 0.2) is 0 Å². The van der Waals surface area contributed by atoms with Gasteiger partial charge in [-0.2, -0.15) is 0 Å². The molecule has 53 heavy (non-hydrogen) atoms. The van der Waals surface area contributed by atoms with Crippen LogP contribution in [0.2, 0.25) is 0 Å². The van der Waals surface area contributed by atoms with Crippen LogP contribution in [0.3, 0.4) is 0 Å². The lowest BCUT2D eigenvalue weighted by Crippen LogP contribution is -2.10. The predicted octanol–water partition coefficient (Wildman–Crippen LogP) is 14.6. The van der Waals surface area contributed by atoms with Gasteiger partial charge in [0.25, 0.3) is 0 Å². The molecule has 248 valence electrons. The molecule has 11 aromatic rings. The molecule has 0 unspecified atom stereocenters. The van der Waals surface area contributed by atoms with Crippen LogP contribution in [-0.4, -0.2) is 4.57 Å². The highest BCUT2D eigenvalue weighted by Crippen LogP contribution is 2.48. The number of hydrogen-bond donors (Lipinski definition) is 0. The molecule has 2 aromatic heterocycles. The zero-order valence-corrected chi connectivity index (χ0v) is 29.6. The second-order valence-electron chi connectivity index (χ2n) is 13.7. The second kappa shape index (κ2) is 11.9. The minimum atomic E-state index is 1.12. The van der Waals surface area contributed by atoms with E-state index in [9.17, 15) is 0 Å². The molecule has 0 bridgehead atoms. The van der Waals surface area contributed by atoms with E-state index >= 15 is 0 Å². The van der Waals surface area contributed by atoms with Crippen LogP contribution in [0.25, 0.3) is 80.3 Å². The van der Waals surface area contributed by atoms with Gasteiger partial charge in [-0.15, -0.1) is 11.3 Å². The third kappa shape index (κ3) is 4.71. The SMILES string of the molecule is c1ccc(-c2cc3ccccc3c3c2c2cc(N(c4ccccc4)c4cccc5c4sc4ccccc45)ccc2n3-c2ccc3ccccc3c2)cc1. The number of nitrogens with zero attached hydrogens (tertiary/aromatic N) is 2. The van der Waals surface area contributed by atoms with Crippen molar-refractivity contribution in [1.82, 2.24) is 4.57 Å². The van der Waals surface area contributed by atoms with Gasteiger partial charge in [-0.3, -0.25) is 0 Å². The van der Waals surface area contributed by atoms with E-state index in [2.05, 4.69) is 204 Å². The van der Waals surface area contributed by atoms with Gasteiger partial charge < -0.3 is 9.47 Å². The van der Waals surface area contributed by atoms with Crippen molar-refractivity contribution in [2.24, 2.45) is 0 Å². The molecular weight excluding hydrogens is 661 g/mol. The van der Waals surface area contributed by atoms with Gasteiger partial charge in [-0.1, -0.05) is 133 Å². The van der Waals surface area contributed by atoms with Crippen LogP contribution in [0.15, 0.2) is 194 Å². The molecule has 3 heteroatoms. The molecule has 0 aliphatic carbocycles. The molecule has 9 aromatic carbocycles. The highest BCUT2D eigenvalue weighted by Gasteiger charge is 2.23. The molecule has 0 saturated heterocycles. The Balaban J connectivity index is 1.27. The van der Waals surface area contributed by atoms with E-state index in [4.69, 9.17) is 0 Å². The normalized spacial score (nSPS) is 11.8. The zero-order valence-electron chi connectivity index (χ0n) is 28.8. The zero-order chi connectivity index (χ0) is 34.9. The summed E-state index contributed by atoms with van der Waals surface area (Å²) < 4.78 is 5.08. The van der Waals surface area contributed by atoms with Crippen LogP contribution >= 0.6 is 11.3 Å². The first-order valence-electron chi connectivity index (χ1n) is 18.1. The van der Waals surface area contributed by atoms with E-state index in [0.717, 1.165) is 17.1 Å². The average molecular weight is 693 g/mol. The lowest BCUT2D eigenvalue weighted by Gasteiger charge is -2.26. The summed E-state index contributed by atoms with van der Waals surface area (Å²) in [6.07, 6.45) is 0. The first kappa shape index (κ1) is 30.0. The summed E-state index contributed by atoms with van der Waals surface area (Å²) in [5.41, 5.74) is 9.44. The lowest BCUT2D eigenvalue weighted by atomic mass is 9.95. The molecule has 0 saturated carbocycles. The summed E-state index contributed by atoms with van der Waals surface area (Å²) in [4.78, 5) is 2.44. The number of fused-ring (bicyclic) bond motifs is 9. The van der Waals surface area contributed by atoms with E-state index < -0.39 is 0 Å². The topological polar surface area (TPSA) is 8.17 Å². The molecule has 0 radical (unpaired) electrons. The fourth-order valence-corrected chi connectivity index (χ4v) is 9.56. The molecule has 0 atom stereocenters. The summed E-state index contributed by atoms with van der Waals surface area (Å²) in [6, 6.07) is 71.0. The quantitative estimate of drug-likeness (QED) is 0.174. The Labute approximate surface area is 311 Å². The van der Waals surface area contributed by atoms with Gasteiger partial charge in [-0.25, -0.2) is 0 Å². The number of anilines is 3. The fraction of sp³-hybridized carbons (Fsp3) is 0. The lowest BCUT2D eigenvalue weighted by molar-refractivity contribution is 1.19. The monoisotopic (exact) mass is 692 g/mol. The Morgan fingerprint density at radius 1 is 0.434 bits per heavy atom. The molecule has 2 heterocycles. The minimum Gasteiger partial charge on any atom is -0.309 e. The van der Waals surface area contributed by atoms with Crippen LogP contribution in [-0.2, 0) is 0 Å². The second-order valence-corrected chi connectivity index (χ2v) is 14.8.